The zero-order valence-electron chi connectivity index (χ0n) is 8.81. The van der Waals surface area contributed by atoms with Gasteiger partial charge in [0.25, 0.3) is 0 Å². The molecule has 1 aromatic carbocycles. The Kier molecular flexibility index (Phi) is 3.83. The van der Waals surface area contributed by atoms with Crippen LogP contribution in [0, 0.1) is 6.92 Å². The standard InChI is InChI=1S/C11H15NOS2/c1-10-4-6-11(7-5-10)15(13)14-12-8-2-3-9-12/h4-7H,2-3,8-9H2,1H3. The predicted molar refractivity (Wildman–Crippen MR) is 66.0 cm³/mol. The van der Waals surface area contributed by atoms with Crippen molar-refractivity contribution in [3.63, 3.8) is 0 Å². The van der Waals surface area contributed by atoms with Gasteiger partial charge in [0.1, 0.15) is 9.83 Å². The van der Waals surface area contributed by atoms with E-state index in [0.29, 0.717) is 0 Å². The van der Waals surface area contributed by atoms with E-state index in [-0.39, 0.29) is 0 Å². The van der Waals surface area contributed by atoms with Crippen LogP contribution >= 0.6 is 11.0 Å². The lowest BCUT2D eigenvalue weighted by atomic mass is 10.2. The fourth-order valence-corrected chi connectivity index (χ4v) is 4.21. The summed E-state index contributed by atoms with van der Waals surface area (Å²) in [5.41, 5.74) is 1.21. The SMILES string of the molecule is Cc1ccc(S(=O)SN2CCCC2)cc1. The van der Waals surface area contributed by atoms with Gasteiger partial charge in [0.15, 0.2) is 0 Å². The summed E-state index contributed by atoms with van der Waals surface area (Å²) in [7, 11) is 0.533. The van der Waals surface area contributed by atoms with Crippen LogP contribution in [-0.2, 0) is 9.83 Å². The van der Waals surface area contributed by atoms with Gasteiger partial charge in [-0.3, -0.25) is 0 Å². The second-order valence-corrected chi connectivity index (χ2v) is 6.72. The van der Waals surface area contributed by atoms with Gasteiger partial charge in [0.2, 0.25) is 0 Å². The smallest absolute Gasteiger partial charge is 0.128 e. The Labute approximate surface area is 97.0 Å². The van der Waals surface area contributed by atoms with E-state index in [1.165, 1.54) is 29.4 Å². The lowest BCUT2D eigenvalue weighted by Gasteiger charge is -2.11. The highest BCUT2D eigenvalue weighted by molar-refractivity contribution is 8.68. The number of rotatable bonds is 3. The van der Waals surface area contributed by atoms with Gasteiger partial charge in [-0.25, -0.2) is 8.51 Å². The maximum atomic E-state index is 11.9. The summed E-state index contributed by atoms with van der Waals surface area (Å²) in [6.07, 6.45) is 2.47. The summed E-state index contributed by atoms with van der Waals surface area (Å²) in [4.78, 5) is 0.914. The van der Waals surface area contributed by atoms with Gasteiger partial charge in [-0.1, -0.05) is 17.7 Å². The molecule has 1 unspecified atom stereocenters. The Morgan fingerprint density at radius 1 is 1.20 bits per heavy atom. The van der Waals surface area contributed by atoms with Gasteiger partial charge < -0.3 is 0 Å². The molecule has 1 saturated heterocycles. The number of hydrogen-bond acceptors (Lipinski definition) is 3. The van der Waals surface area contributed by atoms with E-state index in [9.17, 15) is 4.21 Å². The van der Waals surface area contributed by atoms with Gasteiger partial charge in [0, 0.05) is 24.1 Å². The lowest BCUT2D eigenvalue weighted by molar-refractivity contribution is 0.591. The number of benzene rings is 1. The summed E-state index contributed by atoms with van der Waals surface area (Å²) in [6, 6.07) is 7.93. The van der Waals surface area contributed by atoms with Crippen molar-refractivity contribution in [3.05, 3.63) is 29.8 Å². The summed E-state index contributed by atoms with van der Waals surface area (Å²) >= 11 is 0. The van der Waals surface area contributed by atoms with E-state index in [2.05, 4.69) is 4.31 Å². The van der Waals surface area contributed by atoms with Crippen molar-refractivity contribution in [2.75, 3.05) is 13.1 Å². The highest BCUT2D eigenvalue weighted by Crippen LogP contribution is 2.26. The molecular weight excluding hydrogens is 226 g/mol. The third-order valence-corrected chi connectivity index (χ3v) is 5.44. The molecule has 82 valence electrons. The average molecular weight is 241 g/mol. The summed E-state index contributed by atoms with van der Waals surface area (Å²) < 4.78 is 14.1. The molecule has 1 aliphatic heterocycles. The van der Waals surface area contributed by atoms with Gasteiger partial charge in [-0.15, -0.1) is 0 Å². The van der Waals surface area contributed by atoms with Crippen LogP contribution in [0.5, 0.6) is 0 Å². The molecule has 0 aliphatic carbocycles. The first-order valence-electron chi connectivity index (χ1n) is 5.17. The maximum Gasteiger partial charge on any atom is 0.128 e. The second kappa shape index (κ2) is 5.14. The van der Waals surface area contributed by atoms with Crippen LogP contribution in [0.4, 0.5) is 0 Å². The highest BCUT2D eigenvalue weighted by Gasteiger charge is 2.16. The predicted octanol–water partition coefficient (Wildman–Crippen LogP) is 2.76. The van der Waals surface area contributed by atoms with Crippen molar-refractivity contribution in [3.8, 4) is 0 Å². The first kappa shape index (κ1) is 11.2. The fourth-order valence-electron chi connectivity index (χ4n) is 1.55. The van der Waals surface area contributed by atoms with E-state index in [4.69, 9.17) is 0 Å². The molecule has 4 heteroatoms. The quantitative estimate of drug-likeness (QED) is 0.599. The first-order chi connectivity index (χ1) is 7.25. The number of hydrogen-bond donors (Lipinski definition) is 0. The number of nitrogens with zero attached hydrogens (tertiary/aromatic N) is 1. The van der Waals surface area contributed by atoms with Crippen LogP contribution in [0.3, 0.4) is 0 Å². The molecule has 2 nitrogen and oxygen atoms in total. The Bertz CT molecular complexity index is 344. The molecule has 0 spiro atoms. The largest absolute Gasteiger partial charge is 0.241 e. The third-order valence-electron chi connectivity index (χ3n) is 2.45. The molecule has 1 aliphatic rings. The summed E-state index contributed by atoms with van der Waals surface area (Å²) in [6.45, 7) is 4.19. The molecule has 15 heavy (non-hydrogen) atoms. The van der Waals surface area contributed by atoms with Crippen molar-refractivity contribution in [2.45, 2.75) is 24.7 Å². The molecular formula is C11H15NOS2. The minimum absolute atomic E-state index is 0.914. The zero-order valence-corrected chi connectivity index (χ0v) is 10.4. The van der Waals surface area contributed by atoms with Gasteiger partial charge in [0.05, 0.1) is 4.90 Å². The van der Waals surface area contributed by atoms with E-state index >= 15 is 0 Å². The summed E-state index contributed by atoms with van der Waals surface area (Å²) in [5, 5.41) is 0. The molecule has 0 N–H and O–H groups in total. The van der Waals surface area contributed by atoms with Crippen molar-refractivity contribution in [1.29, 1.82) is 0 Å². The topological polar surface area (TPSA) is 20.3 Å². The van der Waals surface area contributed by atoms with Crippen LogP contribution in [0.2, 0.25) is 0 Å². The fraction of sp³-hybridized carbons (Fsp3) is 0.455. The van der Waals surface area contributed by atoms with Crippen molar-refractivity contribution in [2.24, 2.45) is 0 Å². The highest BCUT2D eigenvalue weighted by atomic mass is 33.1. The monoisotopic (exact) mass is 241 g/mol. The van der Waals surface area contributed by atoms with E-state index in [0.717, 1.165) is 18.0 Å². The van der Waals surface area contributed by atoms with Crippen LogP contribution in [0.25, 0.3) is 0 Å². The molecule has 0 radical (unpaired) electrons. The second-order valence-electron chi connectivity index (χ2n) is 3.76. The number of aryl methyl sites for hydroxylation is 1. The zero-order chi connectivity index (χ0) is 10.7. The Morgan fingerprint density at radius 2 is 1.80 bits per heavy atom. The minimum Gasteiger partial charge on any atom is -0.241 e. The molecule has 2 rings (SSSR count). The first-order valence-corrected chi connectivity index (χ1v) is 7.61. The molecule has 1 fully saturated rings. The normalized spacial score (nSPS) is 19.3. The van der Waals surface area contributed by atoms with Crippen molar-refractivity contribution >= 4 is 20.8 Å². The minimum atomic E-state index is -0.939. The molecule has 1 aromatic rings. The van der Waals surface area contributed by atoms with Crippen LogP contribution < -0.4 is 0 Å². The molecule has 0 aromatic heterocycles. The Hall–Kier alpha value is -0.320. The Morgan fingerprint density at radius 3 is 2.40 bits per heavy atom. The molecule has 0 amide bonds. The van der Waals surface area contributed by atoms with Crippen LogP contribution in [-0.4, -0.2) is 21.6 Å². The third kappa shape index (κ3) is 3.06. The lowest BCUT2D eigenvalue weighted by Crippen LogP contribution is -2.10. The van der Waals surface area contributed by atoms with Gasteiger partial charge in [-0.2, -0.15) is 0 Å². The molecule has 0 bridgehead atoms. The van der Waals surface area contributed by atoms with Gasteiger partial charge in [-0.05, 0) is 31.9 Å². The Balaban J connectivity index is 1.98. The van der Waals surface area contributed by atoms with E-state index < -0.39 is 9.83 Å². The van der Waals surface area contributed by atoms with Crippen molar-refractivity contribution in [1.82, 2.24) is 4.31 Å². The maximum absolute atomic E-state index is 11.9. The van der Waals surface area contributed by atoms with Crippen molar-refractivity contribution < 1.29 is 4.21 Å². The van der Waals surface area contributed by atoms with Crippen LogP contribution in [0.15, 0.2) is 29.2 Å². The van der Waals surface area contributed by atoms with E-state index in [1.54, 1.807) is 0 Å². The van der Waals surface area contributed by atoms with Crippen LogP contribution in [0.1, 0.15) is 18.4 Å². The summed E-state index contributed by atoms with van der Waals surface area (Å²) in [5.74, 6) is 0. The molecule has 0 saturated carbocycles. The van der Waals surface area contributed by atoms with Gasteiger partial charge >= 0.3 is 0 Å². The molecule has 1 atom stereocenters. The average Bonchev–Trinajstić information content (AvgIpc) is 2.71. The van der Waals surface area contributed by atoms with E-state index in [1.807, 2.05) is 31.2 Å². The molecule has 1 heterocycles.